The predicted molar refractivity (Wildman–Crippen MR) is 147 cm³/mol. The van der Waals surface area contributed by atoms with E-state index in [-0.39, 0.29) is 37.4 Å². The van der Waals surface area contributed by atoms with Crippen molar-refractivity contribution in [3.05, 3.63) is 0 Å². The summed E-state index contributed by atoms with van der Waals surface area (Å²) >= 11 is 0. The third-order valence-electron chi connectivity index (χ3n) is 6.95. The zero-order chi connectivity index (χ0) is 42.6. The minimum atomic E-state index is -8.42. The monoisotopic (exact) mass is 818 g/mol. The number of carbonyl (C=O) groups is 4. The number of carbonyl (C=O) groups excluding carboxylic acids is 2. The fourth-order valence-electron chi connectivity index (χ4n) is 3.69. The van der Waals surface area contributed by atoms with E-state index in [1.807, 2.05) is 0 Å². The number of ketones is 2. The number of aliphatic hydroxyl groups is 1. The van der Waals surface area contributed by atoms with Crippen LogP contribution >= 0.6 is 0 Å². The molecule has 0 saturated heterocycles. The van der Waals surface area contributed by atoms with Crippen molar-refractivity contribution in [3.8, 4) is 0 Å². The van der Waals surface area contributed by atoms with Crippen LogP contribution in [0.2, 0.25) is 0 Å². The summed E-state index contributed by atoms with van der Waals surface area (Å²) in [5.74, 6) is -43.4. The number of Topliss-reactive ketones (excluding diaryl/α,β-unsaturated/α-hetero) is 2. The smallest absolute Gasteiger partial charge is 0.460 e. The molecule has 1 unspecified atom stereocenters. The standard InChI is InChI=1S/C20H24F15NO6.C7H13NO3/c1-10(37)3-4-12(13(39)40)36(2)6-5-11(38)9-41-7-8-42-20(34,35)18(29,30)16(25,26)14(21,22)15(23,24)17(27,28)19(31,32)33;1-5(9)3-4-6(8-2)7(10)11/h11-12,38H,3-9H2,1-2H3,(H,39,40);6,8H,3-4H2,1-2H3,(H,10,11)/t11?,12-;6-/m11/s1. The van der Waals surface area contributed by atoms with Gasteiger partial charge in [0.1, 0.15) is 23.7 Å². The van der Waals surface area contributed by atoms with Gasteiger partial charge in [-0.1, -0.05) is 0 Å². The lowest BCUT2D eigenvalue weighted by atomic mass is 9.93. The quantitative estimate of drug-likeness (QED) is 0.0776. The normalized spacial score (nSPS) is 15.3. The lowest BCUT2D eigenvalue weighted by molar-refractivity contribution is -0.472. The molecule has 53 heavy (non-hydrogen) atoms. The van der Waals surface area contributed by atoms with E-state index in [2.05, 4.69) is 14.8 Å². The number of rotatable bonds is 24. The van der Waals surface area contributed by atoms with Crippen LogP contribution in [-0.2, 0) is 28.7 Å². The van der Waals surface area contributed by atoms with Crippen molar-refractivity contribution in [1.29, 1.82) is 0 Å². The molecule has 0 heterocycles. The Kier molecular flexibility index (Phi) is 19.8. The molecule has 0 aliphatic carbocycles. The number of alkyl halides is 15. The first kappa shape index (κ1) is 52.1. The third kappa shape index (κ3) is 13.7. The van der Waals surface area contributed by atoms with Gasteiger partial charge in [0.05, 0.1) is 25.9 Å². The second-order valence-electron chi connectivity index (χ2n) is 11.2. The predicted octanol–water partition coefficient (Wildman–Crippen LogP) is 4.88. The maximum absolute atomic E-state index is 13.6. The molecule has 0 aromatic carbocycles. The van der Waals surface area contributed by atoms with Crippen LogP contribution in [-0.4, -0.2) is 144 Å². The van der Waals surface area contributed by atoms with E-state index >= 15 is 0 Å². The number of nitrogens with one attached hydrogen (secondary N) is 1. The van der Waals surface area contributed by atoms with E-state index in [0.29, 0.717) is 12.8 Å². The number of ether oxygens (including phenoxy) is 2. The number of aliphatic carboxylic acids is 2. The van der Waals surface area contributed by atoms with E-state index in [1.54, 1.807) is 7.05 Å². The SMILES string of the molecule is CC(=O)CC[C@H](C(=O)O)N(C)CCC(O)COCCOC(F)(F)C(F)(F)C(F)(F)C(F)(F)C(F)(F)C(F)(F)C(F)(F)F.CN[C@H](CCC(C)=O)C(=O)O. The van der Waals surface area contributed by atoms with Gasteiger partial charge in [-0.05, 0) is 47.2 Å². The van der Waals surface area contributed by atoms with Crippen LogP contribution in [0.4, 0.5) is 65.9 Å². The Labute approximate surface area is 290 Å². The molecule has 4 N–H and O–H groups in total. The first-order chi connectivity index (χ1) is 23.6. The number of carboxylic acids is 2. The molecule has 0 bridgehead atoms. The molecule has 0 amide bonds. The Hall–Kier alpha value is -2.97. The van der Waals surface area contributed by atoms with Crippen LogP contribution in [0.25, 0.3) is 0 Å². The fraction of sp³-hybridized carbons (Fsp3) is 0.852. The second kappa shape index (κ2) is 20.1. The van der Waals surface area contributed by atoms with Crippen molar-refractivity contribution in [1.82, 2.24) is 10.2 Å². The summed E-state index contributed by atoms with van der Waals surface area (Å²) in [6, 6.07) is -1.76. The molecule has 0 aromatic rings. The summed E-state index contributed by atoms with van der Waals surface area (Å²) in [4.78, 5) is 44.3. The van der Waals surface area contributed by atoms with E-state index < -0.39 is 91.8 Å². The highest BCUT2D eigenvalue weighted by Gasteiger charge is 2.93. The fourth-order valence-corrected chi connectivity index (χ4v) is 3.69. The Morgan fingerprint density at radius 2 is 1.09 bits per heavy atom. The van der Waals surface area contributed by atoms with Gasteiger partial charge in [-0.15, -0.1) is 0 Å². The van der Waals surface area contributed by atoms with Gasteiger partial charge in [0.25, 0.3) is 0 Å². The molecule has 0 aliphatic heterocycles. The summed E-state index contributed by atoms with van der Waals surface area (Å²) in [6.07, 6.45) is -15.9. The number of hydrogen-bond acceptors (Lipinski definition) is 9. The highest BCUT2D eigenvalue weighted by molar-refractivity contribution is 5.78. The van der Waals surface area contributed by atoms with E-state index in [0.717, 1.165) is 0 Å². The van der Waals surface area contributed by atoms with Gasteiger partial charge >= 0.3 is 53.8 Å². The summed E-state index contributed by atoms with van der Waals surface area (Å²) in [7, 11) is 2.86. The van der Waals surface area contributed by atoms with Gasteiger partial charge in [0, 0.05) is 19.4 Å². The first-order valence-corrected chi connectivity index (χ1v) is 14.7. The lowest BCUT2D eigenvalue weighted by Crippen LogP contribution is -2.72. The highest BCUT2D eigenvalue weighted by Crippen LogP contribution is 2.62. The van der Waals surface area contributed by atoms with Crippen LogP contribution in [0.1, 0.15) is 46.0 Å². The Balaban J connectivity index is 0. The average Bonchev–Trinajstić information content (AvgIpc) is 2.98. The van der Waals surface area contributed by atoms with Gasteiger partial charge in [-0.2, -0.15) is 65.9 Å². The molecule has 0 fully saturated rings. The van der Waals surface area contributed by atoms with Gasteiger partial charge in [-0.3, -0.25) is 14.5 Å². The molecule has 0 rings (SSSR count). The van der Waals surface area contributed by atoms with Crippen molar-refractivity contribution >= 4 is 23.5 Å². The number of carboxylic acid groups (broad SMARTS) is 2. The van der Waals surface area contributed by atoms with Gasteiger partial charge < -0.3 is 39.7 Å². The first-order valence-electron chi connectivity index (χ1n) is 14.7. The van der Waals surface area contributed by atoms with E-state index in [1.165, 1.54) is 25.8 Å². The van der Waals surface area contributed by atoms with Crippen molar-refractivity contribution in [3.63, 3.8) is 0 Å². The molecule has 0 aromatic heterocycles. The molecular formula is C27H37F15N2O9. The van der Waals surface area contributed by atoms with Crippen molar-refractivity contribution in [2.75, 3.05) is 40.5 Å². The van der Waals surface area contributed by atoms with Crippen LogP contribution < -0.4 is 5.32 Å². The lowest BCUT2D eigenvalue weighted by Gasteiger charge is -2.41. The third-order valence-corrected chi connectivity index (χ3v) is 6.95. The number of halogens is 15. The zero-order valence-electron chi connectivity index (χ0n) is 28.0. The van der Waals surface area contributed by atoms with Crippen molar-refractivity contribution < 1.29 is 110 Å². The molecular weight excluding hydrogens is 781 g/mol. The molecule has 11 nitrogen and oxygen atoms in total. The summed E-state index contributed by atoms with van der Waals surface area (Å²) < 4.78 is 204. The van der Waals surface area contributed by atoms with Crippen LogP contribution in [0.5, 0.6) is 0 Å². The number of aliphatic hydroxyl groups excluding tert-OH is 1. The van der Waals surface area contributed by atoms with Gasteiger partial charge in [0.15, 0.2) is 0 Å². The van der Waals surface area contributed by atoms with Crippen LogP contribution in [0.15, 0.2) is 0 Å². The topological polar surface area (TPSA) is 163 Å². The minimum Gasteiger partial charge on any atom is -0.480 e. The molecule has 3 atom stereocenters. The van der Waals surface area contributed by atoms with Crippen molar-refractivity contribution in [2.45, 2.75) is 106 Å². The van der Waals surface area contributed by atoms with Gasteiger partial charge in [-0.25, -0.2) is 0 Å². The molecule has 0 radical (unpaired) electrons. The summed E-state index contributed by atoms with van der Waals surface area (Å²) in [5, 5.41) is 30.1. The molecule has 26 heteroatoms. The summed E-state index contributed by atoms with van der Waals surface area (Å²) in [5.41, 5.74) is 0. The molecule has 0 spiro atoms. The van der Waals surface area contributed by atoms with E-state index in [4.69, 9.17) is 5.11 Å². The molecule has 0 aliphatic rings. The molecule has 314 valence electrons. The number of hydrogen-bond donors (Lipinski definition) is 4. The Morgan fingerprint density at radius 3 is 1.49 bits per heavy atom. The summed E-state index contributed by atoms with van der Waals surface area (Å²) in [6.45, 7) is -1.56. The maximum atomic E-state index is 13.6. The maximum Gasteiger partial charge on any atom is 0.460 e. The molecule has 0 saturated carbocycles. The number of likely N-dealkylation sites (N-methyl/N-ethyl adjacent to an activating group) is 2. The minimum absolute atomic E-state index is 0.0199. The zero-order valence-corrected chi connectivity index (χ0v) is 28.0. The van der Waals surface area contributed by atoms with Crippen LogP contribution in [0, 0.1) is 0 Å². The van der Waals surface area contributed by atoms with E-state index in [9.17, 15) is 95.2 Å². The van der Waals surface area contributed by atoms with Crippen LogP contribution in [0.3, 0.4) is 0 Å². The Morgan fingerprint density at radius 1 is 0.660 bits per heavy atom. The van der Waals surface area contributed by atoms with Crippen molar-refractivity contribution in [2.24, 2.45) is 0 Å². The number of nitrogens with zero attached hydrogens (tertiary/aromatic N) is 1. The largest absolute Gasteiger partial charge is 0.480 e. The second-order valence-corrected chi connectivity index (χ2v) is 11.2. The Bertz CT molecular complexity index is 1210. The average molecular weight is 819 g/mol. The van der Waals surface area contributed by atoms with Gasteiger partial charge in [0.2, 0.25) is 0 Å². The highest BCUT2D eigenvalue weighted by atomic mass is 19.4.